The van der Waals surface area contributed by atoms with Crippen LogP contribution in [0, 0.1) is 5.92 Å². The number of hydrogen-bond donors (Lipinski definition) is 1. The first-order valence-electron chi connectivity index (χ1n) is 7.46. The van der Waals surface area contributed by atoms with Crippen LogP contribution in [-0.4, -0.2) is 49.8 Å². The van der Waals surface area contributed by atoms with Crippen LogP contribution in [0.25, 0.3) is 11.4 Å². The standard InChI is InChI=1S/C15H19N5OS/c1-11-3-2-8-20(9-11)13(21)10-22-15-17-14(18-19-15)12-4-6-16-7-5-12/h4-7,11H,2-3,8-10H2,1H3,(H,17,18,19)/t11-/m1/s1. The highest BCUT2D eigenvalue weighted by molar-refractivity contribution is 7.99. The van der Waals surface area contributed by atoms with Crippen molar-refractivity contribution in [2.75, 3.05) is 18.8 Å². The predicted molar refractivity (Wildman–Crippen MR) is 85.3 cm³/mol. The zero-order chi connectivity index (χ0) is 15.4. The molecular formula is C15H19N5OS. The highest BCUT2D eigenvalue weighted by Gasteiger charge is 2.21. The molecule has 1 fully saturated rings. The van der Waals surface area contributed by atoms with Gasteiger partial charge in [-0.1, -0.05) is 18.7 Å². The van der Waals surface area contributed by atoms with Crippen molar-refractivity contribution >= 4 is 17.7 Å². The summed E-state index contributed by atoms with van der Waals surface area (Å²) in [5, 5.41) is 7.66. The Morgan fingerprint density at radius 1 is 1.45 bits per heavy atom. The number of likely N-dealkylation sites (tertiary alicyclic amines) is 1. The molecule has 3 rings (SSSR count). The molecule has 0 spiro atoms. The van der Waals surface area contributed by atoms with Crippen LogP contribution in [0.1, 0.15) is 19.8 Å². The molecule has 1 N–H and O–H groups in total. The molecule has 0 bridgehead atoms. The lowest BCUT2D eigenvalue weighted by Gasteiger charge is -2.30. The second-order valence-corrected chi connectivity index (χ2v) is 6.52. The topological polar surface area (TPSA) is 74.8 Å². The average molecular weight is 317 g/mol. The summed E-state index contributed by atoms with van der Waals surface area (Å²) < 4.78 is 0. The van der Waals surface area contributed by atoms with Crippen LogP contribution in [0.2, 0.25) is 0 Å². The van der Waals surface area contributed by atoms with Gasteiger partial charge in [0.25, 0.3) is 0 Å². The minimum absolute atomic E-state index is 0.173. The molecule has 6 nitrogen and oxygen atoms in total. The second-order valence-electron chi connectivity index (χ2n) is 5.58. The molecule has 1 atom stereocenters. The molecule has 1 amide bonds. The van der Waals surface area contributed by atoms with Gasteiger partial charge >= 0.3 is 0 Å². The van der Waals surface area contributed by atoms with E-state index in [1.54, 1.807) is 12.4 Å². The number of aromatic amines is 1. The van der Waals surface area contributed by atoms with Crippen LogP contribution in [0.5, 0.6) is 0 Å². The minimum atomic E-state index is 0.173. The maximum absolute atomic E-state index is 12.2. The summed E-state index contributed by atoms with van der Waals surface area (Å²) in [6.07, 6.45) is 5.75. The van der Waals surface area contributed by atoms with Crippen molar-refractivity contribution in [2.24, 2.45) is 5.92 Å². The Kier molecular flexibility index (Phi) is 4.72. The molecule has 0 saturated carbocycles. The third kappa shape index (κ3) is 3.65. The van der Waals surface area contributed by atoms with E-state index >= 15 is 0 Å². The minimum Gasteiger partial charge on any atom is -0.342 e. The van der Waals surface area contributed by atoms with E-state index in [1.807, 2.05) is 17.0 Å². The molecule has 1 aliphatic rings. The summed E-state index contributed by atoms with van der Waals surface area (Å²) in [5.41, 5.74) is 0.936. The number of hydrogen-bond acceptors (Lipinski definition) is 5. The van der Waals surface area contributed by atoms with Gasteiger partial charge in [0.2, 0.25) is 11.1 Å². The van der Waals surface area contributed by atoms with E-state index in [1.165, 1.54) is 18.2 Å². The summed E-state index contributed by atoms with van der Waals surface area (Å²) in [6, 6.07) is 3.74. The van der Waals surface area contributed by atoms with Crippen molar-refractivity contribution < 1.29 is 4.79 Å². The average Bonchev–Trinajstić information content (AvgIpc) is 3.02. The summed E-state index contributed by atoms with van der Waals surface area (Å²) in [7, 11) is 0. The normalized spacial score (nSPS) is 18.4. The second kappa shape index (κ2) is 6.91. The molecule has 0 aliphatic carbocycles. The number of carbonyl (C=O) groups excluding carboxylic acids is 1. The summed E-state index contributed by atoms with van der Waals surface area (Å²) in [4.78, 5) is 22.6. The van der Waals surface area contributed by atoms with Gasteiger partial charge in [-0.2, -0.15) is 0 Å². The van der Waals surface area contributed by atoms with Gasteiger partial charge in [0, 0.05) is 31.0 Å². The molecule has 116 valence electrons. The van der Waals surface area contributed by atoms with Crippen LogP contribution < -0.4 is 0 Å². The Labute approximate surface area is 133 Å². The van der Waals surface area contributed by atoms with Crippen LogP contribution in [0.15, 0.2) is 29.7 Å². The Morgan fingerprint density at radius 3 is 3.05 bits per heavy atom. The Balaban J connectivity index is 1.56. The molecule has 0 aromatic carbocycles. The first-order valence-corrected chi connectivity index (χ1v) is 8.44. The Morgan fingerprint density at radius 2 is 2.27 bits per heavy atom. The molecule has 3 heterocycles. The van der Waals surface area contributed by atoms with E-state index in [9.17, 15) is 4.79 Å². The molecule has 1 aliphatic heterocycles. The molecule has 1 saturated heterocycles. The fraction of sp³-hybridized carbons (Fsp3) is 0.467. The lowest BCUT2D eigenvalue weighted by Crippen LogP contribution is -2.40. The van der Waals surface area contributed by atoms with Crippen molar-refractivity contribution in [1.29, 1.82) is 0 Å². The van der Waals surface area contributed by atoms with Gasteiger partial charge in [-0.25, -0.2) is 4.98 Å². The first kappa shape index (κ1) is 15.0. The number of H-pyrrole nitrogens is 1. The number of piperidine rings is 1. The maximum atomic E-state index is 12.2. The fourth-order valence-electron chi connectivity index (χ4n) is 2.58. The number of thioether (sulfide) groups is 1. The van der Waals surface area contributed by atoms with E-state index in [-0.39, 0.29) is 5.91 Å². The van der Waals surface area contributed by atoms with Crippen LogP contribution in [0.3, 0.4) is 0 Å². The zero-order valence-corrected chi connectivity index (χ0v) is 13.3. The third-order valence-electron chi connectivity index (χ3n) is 3.75. The first-order chi connectivity index (χ1) is 10.7. The number of amides is 1. The van der Waals surface area contributed by atoms with Gasteiger partial charge in [0.1, 0.15) is 0 Å². The predicted octanol–water partition coefficient (Wildman–Crippen LogP) is 2.22. The molecular weight excluding hydrogens is 298 g/mol. The van der Waals surface area contributed by atoms with E-state index in [0.717, 1.165) is 25.1 Å². The highest BCUT2D eigenvalue weighted by atomic mass is 32.2. The Hall–Kier alpha value is -1.89. The smallest absolute Gasteiger partial charge is 0.233 e. The molecule has 22 heavy (non-hydrogen) atoms. The van der Waals surface area contributed by atoms with Crippen LogP contribution >= 0.6 is 11.8 Å². The highest BCUT2D eigenvalue weighted by Crippen LogP contribution is 2.20. The number of carbonyl (C=O) groups is 1. The summed E-state index contributed by atoms with van der Waals surface area (Å²) in [5.74, 6) is 1.86. The number of pyridine rings is 1. The zero-order valence-electron chi connectivity index (χ0n) is 12.5. The van der Waals surface area contributed by atoms with Crippen molar-refractivity contribution in [3.05, 3.63) is 24.5 Å². The fourth-order valence-corrected chi connectivity index (χ4v) is 3.28. The van der Waals surface area contributed by atoms with E-state index in [4.69, 9.17) is 0 Å². The van der Waals surface area contributed by atoms with Gasteiger partial charge in [0.05, 0.1) is 5.75 Å². The molecule has 0 unspecified atom stereocenters. The lowest BCUT2D eigenvalue weighted by atomic mass is 10.0. The Bertz CT molecular complexity index is 630. The maximum Gasteiger partial charge on any atom is 0.233 e. The number of nitrogens with one attached hydrogen (secondary N) is 1. The van der Waals surface area contributed by atoms with E-state index in [2.05, 4.69) is 27.1 Å². The summed E-state index contributed by atoms with van der Waals surface area (Å²) >= 11 is 1.38. The van der Waals surface area contributed by atoms with Crippen molar-refractivity contribution in [3.63, 3.8) is 0 Å². The molecule has 7 heteroatoms. The number of rotatable bonds is 4. The summed E-state index contributed by atoms with van der Waals surface area (Å²) in [6.45, 7) is 3.94. The van der Waals surface area contributed by atoms with Gasteiger partial charge < -0.3 is 4.90 Å². The SMILES string of the molecule is C[C@@H]1CCCN(C(=O)CSc2n[nH]c(-c3ccncc3)n2)C1. The van der Waals surface area contributed by atoms with Crippen LogP contribution in [0.4, 0.5) is 0 Å². The van der Waals surface area contributed by atoms with Crippen molar-refractivity contribution in [2.45, 2.75) is 24.9 Å². The van der Waals surface area contributed by atoms with E-state index < -0.39 is 0 Å². The quantitative estimate of drug-likeness (QED) is 0.875. The van der Waals surface area contributed by atoms with Gasteiger partial charge in [-0.05, 0) is 30.9 Å². The van der Waals surface area contributed by atoms with Crippen molar-refractivity contribution in [3.8, 4) is 11.4 Å². The van der Waals surface area contributed by atoms with Gasteiger partial charge in [-0.15, -0.1) is 5.10 Å². The third-order valence-corrected chi connectivity index (χ3v) is 4.59. The largest absolute Gasteiger partial charge is 0.342 e. The molecule has 0 radical (unpaired) electrons. The van der Waals surface area contributed by atoms with Crippen LogP contribution in [-0.2, 0) is 4.79 Å². The number of aromatic nitrogens is 4. The number of nitrogens with zero attached hydrogens (tertiary/aromatic N) is 4. The van der Waals surface area contributed by atoms with Crippen molar-refractivity contribution in [1.82, 2.24) is 25.1 Å². The lowest BCUT2D eigenvalue weighted by molar-refractivity contribution is -0.130. The van der Waals surface area contributed by atoms with Gasteiger partial charge in [0.15, 0.2) is 5.82 Å². The molecule has 2 aromatic rings. The monoisotopic (exact) mass is 317 g/mol. The van der Waals surface area contributed by atoms with Gasteiger partial charge in [-0.3, -0.25) is 14.9 Å². The molecule has 2 aromatic heterocycles. The van der Waals surface area contributed by atoms with E-state index in [0.29, 0.717) is 22.7 Å².